The Balaban J connectivity index is 1.46. The first kappa shape index (κ1) is 16.7. The molecule has 1 aliphatic carbocycles. The van der Waals surface area contributed by atoms with Gasteiger partial charge < -0.3 is 14.4 Å². The third kappa shape index (κ3) is 3.90. The molecule has 134 valence electrons. The van der Waals surface area contributed by atoms with Crippen LogP contribution in [0.1, 0.15) is 30.4 Å². The molecule has 1 fully saturated rings. The van der Waals surface area contributed by atoms with Crippen LogP contribution in [0.5, 0.6) is 11.5 Å². The first-order chi connectivity index (χ1) is 12.8. The molecule has 0 atom stereocenters. The molecule has 4 heteroatoms. The second-order valence-corrected chi connectivity index (χ2v) is 6.95. The van der Waals surface area contributed by atoms with Gasteiger partial charge in [-0.15, -0.1) is 0 Å². The largest absolute Gasteiger partial charge is 0.454 e. The van der Waals surface area contributed by atoms with Gasteiger partial charge in [0.05, 0.1) is 0 Å². The van der Waals surface area contributed by atoms with E-state index in [1.807, 2.05) is 47.4 Å². The van der Waals surface area contributed by atoms with E-state index in [1.165, 1.54) is 19.3 Å². The Morgan fingerprint density at radius 2 is 1.88 bits per heavy atom. The zero-order valence-corrected chi connectivity index (χ0v) is 14.8. The average Bonchev–Trinajstić information content (AvgIpc) is 3.10. The highest BCUT2D eigenvalue weighted by molar-refractivity contribution is 5.91. The number of carbonyl (C=O) groups is 1. The number of fused-ring (bicyclic) bond motifs is 1. The predicted octanol–water partition coefficient (Wildman–Crippen LogP) is 4.26. The SMILES string of the molecule is O=C(/C=C/c1ccc2c(c1)OCO2)N(Cc1ccccc1)CC1CCC1. The number of amides is 1. The van der Waals surface area contributed by atoms with E-state index in [0.29, 0.717) is 12.5 Å². The Morgan fingerprint density at radius 3 is 2.65 bits per heavy atom. The number of benzene rings is 2. The number of rotatable bonds is 6. The molecule has 0 radical (unpaired) electrons. The molecule has 1 aliphatic heterocycles. The summed E-state index contributed by atoms with van der Waals surface area (Å²) in [5.74, 6) is 2.18. The third-order valence-electron chi connectivity index (χ3n) is 5.05. The van der Waals surface area contributed by atoms with Crippen LogP contribution in [0.3, 0.4) is 0 Å². The normalized spacial score (nSPS) is 15.8. The standard InChI is InChI=1S/C22H23NO3/c24-22(12-10-17-9-11-20-21(13-17)26-16-25-20)23(15-19-7-4-8-19)14-18-5-2-1-3-6-18/h1-3,5-6,9-13,19H,4,7-8,14-16H2/b12-10+. The lowest BCUT2D eigenvalue weighted by Gasteiger charge is -2.32. The Labute approximate surface area is 154 Å². The highest BCUT2D eigenvalue weighted by atomic mass is 16.7. The monoisotopic (exact) mass is 349 g/mol. The highest BCUT2D eigenvalue weighted by Gasteiger charge is 2.23. The maximum atomic E-state index is 12.8. The van der Waals surface area contributed by atoms with Crippen LogP contribution < -0.4 is 9.47 Å². The molecule has 4 rings (SSSR count). The van der Waals surface area contributed by atoms with Crippen molar-refractivity contribution in [2.24, 2.45) is 5.92 Å². The number of hydrogen-bond acceptors (Lipinski definition) is 3. The fourth-order valence-electron chi connectivity index (χ4n) is 3.31. The summed E-state index contributed by atoms with van der Waals surface area (Å²) in [7, 11) is 0. The van der Waals surface area contributed by atoms with Gasteiger partial charge in [0, 0.05) is 19.2 Å². The van der Waals surface area contributed by atoms with Gasteiger partial charge >= 0.3 is 0 Å². The van der Waals surface area contributed by atoms with E-state index in [2.05, 4.69) is 12.1 Å². The summed E-state index contributed by atoms with van der Waals surface area (Å²) < 4.78 is 10.7. The molecular weight excluding hydrogens is 326 g/mol. The lowest BCUT2D eigenvalue weighted by atomic mass is 9.85. The third-order valence-corrected chi connectivity index (χ3v) is 5.05. The summed E-state index contributed by atoms with van der Waals surface area (Å²) in [6.07, 6.45) is 7.25. The number of nitrogens with zero attached hydrogens (tertiary/aromatic N) is 1. The maximum Gasteiger partial charge on any atom is 0.246 e. The van der Waals surface area contributed by atoms with Crippen molar-refractivity contribution in [3.8, 4) is 11.5 Å². The van der Waals surface area contributed by atoms with Gasteiger partial charge in [0.1, 0.15) is 0 Å². The first-order valence-electron chi connectivity index (χ1n) is 9.18. The van der Waals surface area contributed by atoms with E-state index >= 15 is 0 Å². The summed E-state index contributed by atoms with van der Waals surface area (Å²) >= 11 is 0. The summed E-state index contributed by atoms with van der Waals surface area (Å²) in [5, 5.41) is 0. The summed E-state index contributed by atoms with van der Waals surface area (Å²) in [4.78, 5) is 14.8. The van der Waals surface area contributed by atoms with Gasteiger partial charge in [-0.05, 0) is 48.1 Å². The zero-order valence-electron chi connectivity index (χ0n) is 14.8. The topological polar surface area (TPSA) is 38.8 Å². The molecule has 1 amide bonds. The first-order valence-corrected chi connectivity index (χ1v) is 9.18. The van der Waals surface area contributed by atoms with Gasteiger partial charge in [-0.25, -0.2) is 0 Å². The van der Waals surface area contributed by atoms with Crippen molar-refractivity contribution in [1.82, 2.24) is 4.90 Å². The molecule has 2 aliphatic rings. The van der Waals surface area contributed by atoms with Gasteiger partial charge in [-0.2, -0.15) is 0 Å². The van der Waals surface area contributed by atoms with Crippen LogP contribution in [-0.2, 0) is 11.3 Å². The van der Waals surface area contributed by atoms with Crippen molar-refractivity contribution < 1.29 is 14.3 Å². The zero-order chi connectivity index (χ0) is 17.8. The number of carbonyl (C=O) groups excluding carboxylic acids is 1. The van der Waals surface area contributed by atoms with Crippen molar-refractivity contribution in [2.45, 2.75) is 25.8 Å². The Kier molecular flexibility index (Phi) is 4.91. The van der Waals surface area contributed by atoms with Gasteiger partial charge in [-0.1, -0.05) is 42.8 Å². The number of ether oxygens (including phenoxy) is 2. The molecule has 0 bridgehead atoms. The van der Waals surface area contributed by atoms with Gasteiger partial charge in [0.15, 0.2) is 11.5 Å². The van der Waals surface area contributed by atoms with Crippen molar-refractivity contribution in [3.05, 3.63) is 65.7 Å². The summed E-state index contributed by atoms with van der Waals surface area (Å²) in [6.45, 7) is 1.74. The Hall–Kier alpha value is -2.75. The minimum atomic E-state index is 0.0541. The second kappa shape index (κ2) is 7.65. The van der Waals surface area contributed by atoms with Crippen LogP contribution in [0.2, 0.25) is 0 Å². The van der Waals surface area contributed by atoms with Crippen LogP contribution in [-0.4, -0.2) is 24.1 Å². The van der Waals surface area contributed by atoms with Crippen LogP contribution >= 0.6 is 0 Å². The minimum Gasteiger partial charge on any atom is -0.454 e. The fraction of sp³-hybridized carbons (Fsp3) is 0.318. The maximum absolute atomic E-state index is 12.8. The van der Waals surface area contributed by atoms with Crippen LogP contribution in [0.4, 0.5) is 0 Å². The molecule has 2 aromatic carbocycles. The molecule has 0 saturated heterocycles. The second-order valence-electron chi connectivity index (χ2n) is 6.95. The van der Waals surface area contributed by atoms with E-state index in [-0.39, 0.29) is 12.7 Å². The van der Waals surface area contributed by atoms with E-state index < -0.39 is 0 Å². The van der Waals surface area contributed by atoms with E-state index in [1.54, 1.807) is 6.08 Å². The van der Waals surface area contributed by atoms with E-state index in [9.17, 15) is 4.79 Å². The van der Waals surface area contributed by atoms with Crippen LogP contribution in [0.25, 0.3) is 6.08 Å². The Morgan fingerprint density at radius 1 is 1.08 bits per heavy atom. The van der Waals surface area contributed by atoms with Gasteiger partial charge in [0.2, 0.25) is 12.7 Å². The van der Waals surface area contributed by atoms with Crippen molar-refractivity contribution in [1.29, 1.82) is 0 Å². The molecule has 4 nitrogen and oxygen atoms in total. The van der Waals surface area contributed by atoms with Crippen molar-refractivity contribution >= 4 is 12.0 Å². The van der Waals surface area contributed by atoms with Crippen molar-refractivity contribution in [2.75, 3.05) is 13.3 Å². The molecule has 0 spiro atoms. The average molecular weight is 349 g/mol. The quantitative estimate of drug-likeness (QED) is 0.732. The van der Waals surface area contributed by atoms with Gasteiger partial charge in [0.25, 0.3) is 0 Å². The molecule has 26 heavy (non-hydrogen) atoms. The van der Waals surface area contributed by atoms with E-state index in [0.717, 1.165) is 29.2 Å². The highest BCUT2D eigenvalue weighted by Crippen LogP contribution is 2.33. The molecular formula is C22H23NO3. The fourth-order valence-corrected chi connectivity index (χ4v) is 3.31. The molecule has 0 N–H and O–H groups in total. The molecule has 0 aromatic heterocycles. The minimum absolute atomic E-state index is 0.0541. The van der Waals surface area contributed by atoms with Crippen molar-refractivity contribution in [3.63, 3.8) is 0 Å². The van der Waals surface area contributed by atoms with E-state index in [4.69, 9.17) is 9.47 Å². The lowest BCUT2D eigenvalue weighted by molar-refractivity contribution is -0.127. The van der Waals surface area contributed by atoms with Gasteiger partial charge in [-0.3, -0.25) is 4.79 Å². The molecule has 0 unspecified atom stereocenters. The van der Waals surface area contributed by atoms with Crippen LogP contribution in [0.15, 0.2) is 54.6 Å². The molecule has 1 heterocycles. The lowest BCUT2D eigenvalue weighted by Crippen LogP contribution is -2.36. The molecule has 2 aromatic rings. The Bertz CT molecular complexity index is 796. The predicted molar refractivity (Wildman–Crippen MR) is 101 cm³/mol. The number of hydrogen-bond donors (Lipinski definition) is 0. The molecule has 1 saturated carbocycles. The smallest absolute Gasteiger partial charge is 0.246 e. The van der Waals surface area contributed by atoms with Crippen LogP contribution in [0, 0.1) is 5.92 Å². The summed E-state index contributed by atoms with van der Waals surface area (Å²) in [5.41, 5.74) is 2.10. The summed E-state index contributed by atoms with van der Waals surface area (Å²) in [6, 6.07) is 15.9.